The highest BCUT2D eigenvalue weighted by molar-refractivity contribution is 5.89. The molecule has 2 heterocycles. The number of carbonyl (C=O) groups is 2. The number of hydrogen-bond donors (Lipinski definition) is 1. The standard InChI is InChI=1S/C13H19N3O4/c1-10(16-8-4-6-14-16)11(17)15-7-3-5-13(15,9-20-2)12(18)19/h4,6,8,10H,3,5,7,9H2,1-2H3,(H,18,19). The Morgan fingerprint density at radius 3 is 2.85 bits per heavy atom. The predicted octanol–water partition coefficient (Wildman–Crippen LogP) is 0.536. The van der Waals surface area contributed by atoms with Gasteiger partial charge in [0.15, 0.2) is 5.54 Å². The van der Waals surface area contributed by atoms with E-state index in [2.05, 4.69) is 5.10 Å². The maximum Gasteiger partial charge on any atom is 0.332 e. The SMILES string of the molecule is COCC1(C(=O)O)CCCN1C(=O)C(C)n1cccn1. The van der Waals surface area contributed by atoms with Crippen LogP contribution in [0.1, 0.15) is 25.8 Å². The van der Waals surface area contributed by atoms with Crippen molar-refractivity contribution in [2.45, 2.75) is 31.3 Å². The lowest BCUT2D eigenvalue weighted by Gasteiger charge is -2.35. The molecule has 0 aromatic carbocycles. The van der Waals surface area contributed by atoms with Crippen LogP contribution >= 0.6 is 0 Å². The van der Waals surface area contributed by atoms with Crippen LogP contribution < -0.4 is 0 Å². The molecule has 0 radical (unpaired) electrons. The summed E-state index contributed by atoms with van der Waals surface area (Å²) in [5.41, 5.74) is -1.26. The lowest BCUT2D eigenvalue weighted by molar-refractivity contribution is -0.161. The molecule has 110 valence electrons. The normalized spacial score (nSPS) is 23.8. The topological polar surface area (TPSA) is 84.7 Å². The highest BCUT2D eigenvalue weighted by atomic mass is 16.5. The predicted molar refractivity (Wildman–Crippen MR) is 70.1 cm³/mol. The number of carbonyl (C=O) groups excluding carboxylic acids is 1. The Morgan fingerprint density at radius 1 is 1.55 bits per heavy atom. The van der Waals surface area contributed by atoms with E-state index in [9.17, 15) is 14.7 Å². The Morgan fingerprint density at radius 2 is 2.30 bits per heavy atom. The first-order chi connectivity index (χ1) is 9.53. The number of nitrogens with zero attached hydrogens (tertiary/aromatic N) is 3. The van der Waals surface area contributed by atoms with Crippen molar-refractivity contribution < 1.29 is 19.4 Å². The molecule has 0 spiro atoms. The van der Waals surface area contributed by atoms with Crippen molar-refractivity contribution in [3.8, 4) is 0 Å². The fourth-order valence-corrected chi connectivity index (χ4v) is 2.72. The zero-order valence-electron chi connectivity index (χ0n) is 11.7. The van der Waals surface area contributed by atoms with E-state index in [-0.39, 0.29) is 12.5 Å². The Bertz CT molecular complexity index is 488. The second kappa shape index (κ2) is 5.62. The van der Waals surface area contributed by atoms with Crippen molar-refractivity contribution in [1.82, 2.24) is 14.7 Å². The van der Waals surface area contributed by atoms with Gasteiger partial charge in [-0.05, 0) is 25.8 Å². The fraction of sp³-hybridized carbons (Fsp3) is 0.615. The van der Waals surface area contributed by atoms with Crippen molar-refractivity contribution in [2.24, 2.45) is 0 Å². The first kappa shape index (κ1) is 14.5. The average Bonchev–Trinajstić information content (AvgIpc) is 3.07. The van der Waals surface area contributed by atoms with Gasteiger partial charge in [0.1, 0.15) is 6.04 Å². The minimum atomic E-state index is -1.26. The molecule has 0 aliphatic carbocycles. The van der Waals surface area contributed by atoms with Gasteiger partial charge in [0.05, 0.1) is 6.61 Å². The highest BCUT2D eigenvalue weighted by Crippen LogP contribution is 2.32. The molecule has 2 rings (SSSR count). The van der Waals surface area contributed by atoms with Gasteiger partial charge in [-0.1, -0.05) is 0 Å². The monoisotopic (exact) mass is 281 g/mol. The van der Waals surface area contributed by atoms with E-state index in [0.29, 0.717) is 19.4 Å². The molecule has 1 aromatic rings. The quantitative estimate of drug-likeness (QED) is 0.851. The van der Waals surface area contributed by atoms with Crippen LogP contribution in [0.2, 0.25) is 0 Å². The smallest absolute Gasteiger partial charge is 0.332 e. The molecule has 20 heavy (non-hydrogen) atoms. The van der Waals surface area contributed by atoms with Gasteiger partial charge in [0, 0.05) is 26.0 Å². The van der Waals surface area contributed by atoms with Gasteiger partial charge in [-0.25, -0.2) is 4.79 Å². The van der Waals surface area contributed by atoms with E-state index in [4.69, 9.17) is 4.74 Å². The minimum absolute atomic E-state index is 0.0000987. The molecule has 7 heteroatoms. The van der Waals surface area contributed by atoms with E-state index in [1.807, 2.05) is 0 Å². The summed E-state index contributed by atoms with van der Waals surface area (Å²) >= 11 is 0. The van der Waals surface area contributed by atoms with Crippen molar-refractivity contribution >= 4 is 11.9 Å². The van der Waals surface area contributed by atoms with Gasteiger partial charge < -0.3 is 14.7 Å². The average molecular weight is 281 g/mol. The molecular formula is C13H19N3O4. The summed E-state index contributed by atoms with van der Waals surface area (Å²) in [6.07, 6.45) is 4.35. The number of rotatable bonds is 5. The fourth-order valence-electron chi connectivity index (χ4n) is 2.72. The first-order valence-corrected chi connectivity index (χ1v) is 6.56. The van der Waals surface area contributed by atoms with E-state index in [0.717, 1.165) is 0 Å². The molecule has 1 aromatic heterocycles. The lowest BCUT2D eigenvalue weighted by Crippen LogP contribution is -2.57. The molecule has 1 aliphatic heterocycles. The molecule has 1 fully saturated rings. The first-order valence-electron chi connectivity index (χ1n) is 6.56. The van der Waals surface area contributed by atoms with Gasteiger partial charge in [-0.3, -0.25) is 9.48 Å². The third-order valence-corrected chi connectivity index (χ3v) is 3.82. The molecule has 2 atom stereocenters. The summed E-state index contributed by atoms with van der Waals surface area (Å²) in [5, 5.41) is 13.6. The lowest BCUT2D eigenvalue weighted by atomic mass is 9.97. The second-order valence-corrected chi connectivity index (χ2v) is 5.03. The second-order valence-electron chi connectivity index (χ2n) is 5.03. The Labute approximate surface area is 117 Å². The van der Waals surface area contributed by atoms with Crippen LogP contribution in [0.15, 0.2) is 18.5 Å². The maximum absolute atomic E-state index is 12.6. The summed E-state index contributed by atoms with van der Waals surface area (Å²) in [4.78, 5) is 25.6. The number of amides is 1. The number of ether oxygens (including phenoxy) is 1. The maximum atomic E-state index is 12.6. The number of aliphatic carboxylic acids is 1. The largest absolute Gasteiger partial charge is 0.479 e. The van der Waals surface area contributed by atoms with Crippen molar-refractivity contribution in [3.63, 3.8) is 0 Å². The van der Waals surface area contributed by atoms with Crippen LogP contribution in [0.25, 0.3) is 0 Å². The third kappa shape index (κ3) is 2.29. The summed E-state index contributed by atoms with van der Waals surface area (Å²) in [6, 6.07) is 1.20. The molecule has 1 saturated heterocycles. The molecule has 1 aliphatic rings. The van der Waals surface area contributed by atoms with Crippen LogP contribution in [0.3, 0.4) is 0 Å². The number of methoxy groups -OCH3 is 1. The van der Waals surface area contributed by atoms with Crippen LogP contribution in [0, 0.1) is 0 Å². The van der Waals surface area contributed by atoms with Crippen LogP contribution in [0.5, 0.6) is 0 Å². The zero-order chi connectivity index (χ0) is 14.8. The van der Waals surface area contributed by atoms with Crippen molar-refractivity contribution in [1.29, 1.82) is 0 Å². The van der Waals surface area contributed by atoms with Gasteiger partial charge in [0.2, 0.25) is 5.91 Å². The highest BCUT2D eigenvalue weighted by Gasteiger charge is 2.51. The number of carboxylic acid groups (broad SMARTS) is 1. The van der Waals surface area contributed by atoms with Gasteiger partial charge in [0.25, 0.3) is 0 Å². The zero-order valence-corrected chi connectivity index (χ0v) is 11.7. The summed E-state index contributed by atoms with van der Waals surface area (Å²) in [5.74, 6) is -1.26. The Balaban J connectivity index is 2.25. The van der Waals surface area contributed by atoms with Crippen molar-refractivity contribution in [2.75, 3.05) is 20.3 Å². The molecular weight excluding hydrogens is 262 g/mol. The Hall–Kier alpha value is -1.89. The van der Waals surface area contributed by atoms with Gasteiger partial charge in [-0.15, -0.1) is 0 Å². The molecule has 1 amide bonds. The van der Waals surface area contributed by atoms with E-state index >= 15 is 0 Å². The van der Waals surface area contributed by atoms with Crippen LogP contribution in [0.4, 0.5) is 0 Å². The number of hydrogen-bond acceptors (Lipinski definition) is 4. The number of aromatic nitrogens is 2. The van der Waals surface area contributed by atoms with Gasteiger partial charge in [-0.2, -0.15) is 5.10 Å². The summed E-state index contributed by atoms with van der Waals surface area (Å²) in [6.45, 7) is 2.15. The van der Waals surface area contributed by atoms with Gasteiger partial charge >= 0.3 is 5.97 Å². The van der Waals surface area contributed by atoms with E-state index in [1.54, 1.807) is 25.4 Å². The van der Waals surface area contributed by atoms with Crippen LogP contribution in [-0.4, -0.2) is 57.5 Å². The van der Waals surface area contributed by atoms with Crippen LogP contribution in [-0.2, 0) is 14.3 Å². The Kier molecular flexibility index (Phi) is 4.08. The van der Waals surface area contributed by atoms with Crippen molar-refractivity contribution in [3.05, 3.63) is 18.5 Å². The minimum Gasteiger partial charge on any atom is -0.479 e. The third-order valence-electron chi connectivity index (χ3n) is 3.82. The number of likely N-dealkylation sites (tertiary alicyclic amines) is 1. The molecule has 0 bridgehead atoms. The molecule has 0 saturated carbocycles. The van der Waals surface area contributed by atoms with E-state index < -0.39 is 17.6 Å². The summed E-state index contributed by atoms with van der Waals surface area (Å²) in [7, 11) is 1.45. The molecule has 2 unspecified atom stereocenters. The number of carboxylic acids is 1. The molecule has 7 nitrogen and oxygen atoms in total. The summed E-state index contributed by atoms with van der Waals surface area (Å²) < 4.78 is 6.57. The molecule has 1 N–H and O–H groups in total. The van der Waals surface area contributed by atoms with E-state index in [1.165, 1.54) is 16.7 Å².